The lowest BCUT2D eigenvalue weighted by molar-refractivity contribution is -0.384. The number of hydrogen-bond donors (Lipinski definition) is 1. The first-order chi connectivity index (χ1) is 9.97. The van der Waals surface area contributed by atoms with Crippen molar-refractivity contribution in [1.82, 2.24) is 4.90 Å². The van der Waals surface area contributed by atoms with Crippen LogP contribution in [0, 0.1) is 16.0 Å². The van der Waals surface area contributed by atoms with Crippen LogP contribution in [0.4, 0.5) is 11.4 Å². The third-order valence-electron chi connectivity index (χ3n) is 4.35. The van der Waals surface area contributed by atoms with Crippen molar-refractivity contribution in [2.75, 3.05) is 18.9 Å². The molecule has 2 rings (SSSR count). The molecule has 0 aromatic heterocycles. The average molecular weight is 291 g/mol. The molecule has 1 N–H and O–H groups in total. The van der Waals surface area contributed by atoms with E-state index < -0.39 is 4.92 Å². The summed E-state index contributed by atoms with van der Waals surface area (Å²) in [7, 11) is 1.61. The zero-order valence-electron chi connectivity index (χ0n) is 12.6. The lowest BCUT2D eigenvalue weighted by Gasteiger charge is -2.37. The zero-order valence-corrected chi connectivity index (χ0v) is 12.6. The van der Waals surface area contributed by atoms with E-state index in [1.54, 1.807) is 24.1 Å². The minimum absolute atomic E-state index is 0.101. The van der Waals surface area contributed by atoms with Crippen LogP contribution in [0.5, 0.6) is 0 Å². The fraction of sp³-hybridized carbons (Fsp3) is 0.533. The quantitative estimate of drug-likeness (QED) is 0.686. The number of para-hydroxylation sites is 1. The summed E-state index contributed by atoms with van der Waals surface area (Å²) in [6.07, 6.45) is 2.03. The molecule has 0 bridgehead atoms. The maximum absolute atomic E-state index is 12.7. The van der Waals surface area contributed by atoms with Gasteiger partial charge in [-0.15, -0.1) is 0 Å². The third-order valence-corrected chi connectivity index (χ3v) is 4.35. The van der Waals surface area contributed by atoms with Crippen LogP contribution < -0.4 is 5.32 Å². The first-order valence-corrected chi connectivity index (χ1v) is 7.23. The molecule has 2 atom stereocenters. The number of nitro benzene ring substituents is 1. The highest BCUT2D eigenvalue weighted by atomic mass is 16.6. The Morgan fingerprint density at radius 2 is 2.14 bits per heavy atom. The lowest BCUT2D eigenvalue weighted by atomic mass is 9.91. The number of likely N-dealkylation sites (tertiary alicyclic amines) is 1. The predicted octanol–water partition coefficient (Wildman–Crippen LogP) is 2.90. The summed E-state index contributed by atoms with van der Waals surface area (Å²) >= 11 is 0. The van der Waals surface area contributed by atoms with Crippen LogP contribution in [0.15, 0.2) is 18.2 Å². The summed E-state index contributed by atoms with van der Waals surface area (Å²) in [6, 6.07) is 4.92. The summed E-state index contributed by atoms with van der Waals surface area (Å²) in [6.45, 7) is 4.78. The molecule has 0 aliphatic carbocycles. The number of anilines is 1. The number of amides is 1. The van der Waals surface area contributed by atoms with Crippen molar-refractivity contribution in [3.8, 4) is 0 Å². The Hall–Kier alpha value is -2.11. The Morgan fingerprint density at radius 1 is 1.43 bits per heavy atom. The summed E-state index contributed by atoms with van der Waals surface area (Å²) in [4.78, 5) is 25.3. The predicted molar refractivity (Wildman–Crippen MR) is 81.5 cm³/mol. The molecule has 1 aromatic rings. The minimum Gasteiger partial charge on any atom is -0.383 e. The van der Waals surface area contributed by atoms with Gasteiger partial charge in [0.1, 0.15) is 11.3 Å². The number of benzene rings is 1. The molecule has 1 fully saturated rings. The van der Waals surface area contributed by atoms with Gasteiger partial charge >= 0.3 is 5.69 Å². The number of carbonyl (C=O) groups excluding carboxylic acids is 1. The number of rotatable bonds is 3. The molecule has 0 spiro atoms. The molecule has 2 unspecified atom stereocenters. The normalized spacial score (nSPS) is 22.0. The molecule has 1 aromatic carbocycles. The highest BCUT2D eigenvalue weighted by molar-refractivity contribution is 6.00. The van der Waals surface area contributed by atoms with E-state index >= 15 is 0 Å². The first kappa shape index (κ1) is 15.3. The molecule has 6 nitrogen and oxygen atoms in total. The smallest absolute Gasteiger partial charge is 0.305 e. The molecule has 0 radical (unpaired) electrons. The van der Waals surface area contributed by atoms with Crippen molar-refractivity contribution in [2.24, 2.45) is 5.92 Å². The molecular formula is C15H21N3O3. The summed E-state index contributed by atoms with van der Waals surface area (Å²) < 4.78 is 0. The van der Waals surface area contributed by atoms with Gasteiger partial charge in [0, 0.05) is 19.6 Å². The van der Waals surface area contributed by atoms with E-state index in [2.05, 4.69) is 12.2 Å². The van der Waals surface area contributed by atoms with Crippen LogP contribution in [0.1, 0.15) is 37.0 Å². The summed E-state index contributed by atoms with van der Waals surface area (Å²) in [5, 5.41) is 14.1. The van der Waals surface area contributed by atoms with Crippen molar-refractivity contribution < 1.29 is 9.72 Å². The van der Waals surface area contributed by atoms with Crippen LogP contribution in [0.25, 0.3) is 0 Å². The van der Waals surface area contributed by atoms with Gasteiger partial charge in [0.05, 0.1) is 4.92 Å². The Morgan fingerprint density at radius 3 is 2.76 bits per heavy atom. The highest BCUT2D eigenvalue weighted by Gasteiger charge is 2.33. The monoisotopic (exact) mass is 291 g/mol. The lowest BCUT2D eigenvalue weighted by Crippen LogP contribution is -2.46. The van der Waals surface area contributed by atoms with Gasteiger partial charge in [0.25, 0.3) is 5.91 Å². The van der Waals surface area contributed by atoms with Gasteiger partial charge in [-0.25, -0.2) is 0 Å². The molecular weight excluding hydrogens is 270 g/mol. The number of nitrogens with zero attached hydrogens (tertiary/aromatic N) is 2. The summed E-state index contributed by atoms with van der Waals surface area (Å²) in [5.74, 6) is 0.159. The van der Waals surface area contributed by atoms with Crippen LogP contribution in [-0.2, 0) is 0 Å². The Bertz CT molecular complexity index is 559. The van der Waals surface area contributed by atoms with Gasteiger partial charge in [-0.2, -0.15) is 0 Å². The zero-order chi connectivity index (χ0) is 15.6. The van der Waals surface area contributed by atoms with Crippen molar-refractivity contribution in [3.63, 3.8) is 0 Å². The minimum atomic E-state index is -0.489. The van der Waals surface area contributed by atoms with Gasteiger partial charge in [0.15, 0.2) is 0 Å². The molecule has 1 amide bonds. The number of nitro groups is 1. The second kappa shape index (κ2) is 6.11. The molecule has 1 heterocycles. The van der Waals surface area contributed by atoms with Crippen LogP contribution in [0.3, 0.4) is 0 Å². The van der Waals surface area contributed by atoms with Crippen molar-refractivity contribution in [3.05, 3.63) is 33.9 Å². The maximum atomic E-state index is 12.7. The molecule has 1 aliphatic rings. The number of hydrogen-bond acceptors (Lipinski definition) is 4. The van der Waals surface area contributed by atoms with Gasteiger partial charge in [0.2, 0.25) is 0 Å². The Kier molecular flexibility index (Phi) is 4.45. The SMILES string of the molecule is CNc1cccc(C(=O)N2CCCC(C)C2C)c1[N+](=O)[O-]. The van der Waals surface area contributed by atoms with Crippen molar-refractivity contribution >= 4 is 17.3 Å². The average Bonchev–Trinajstić information content (AvgIpc) is 2.48. The maximum Gasteiger partial charge on any atom is 0.305 e. The van der Waals surface area contributed by atoms with E-state index in [4.69, 9.17) is 0 Å². The molecule has 21 heavy (non-hydrogen) atoms. The molecule has 114 valence electrons. The number of carbonyl (C=O) groups is 1. The van der Waals surface area contributed by atoms with Crippen molar-refractivity contribution in [2.45, 2.75) is 32.7 Å². The van der Waals surface area contributed by atoms with Crippen LogP contribution >= 0.6 is 0 Å². The second-order valence-electron chi connectivity index (χ2n) is 5.57. The van der Waals surface area contributed by atoms with Gasteiger partial charge in [-0.05, 0) is 37.8 Å². The van der Waals surface area contributed by atoms with E-state index in [1.165, 1.54) is 6.07 Å². The topological polar surface area (TPSA) is 75.5 Å². The first-order valence-electron chi connectivity index (χ1n) is 7.23. The highest BCUT2D eigenvalue weighted by Crippen LogP contribution is 2.31. The second-order valence-corrected chi connectivity index (χ2v) is 5.57. The summed E-state index contributed by atoms with van der Waals surface area (Å²) in [5.41, 5.74) is 0.381. The standard InChI is InChI=1S/C15H21N3O3/c1-10-6-5-9-17(11(10)2)15(19)12-7-4-8-13(16-3)14(12)18(20)21/h4,7-8,10-11,16H,5-6,9H2,1-3H3. The van der Waals surface area contributed by atoms with E-state index in [0.29, 0.717) is 18.2 Å². The van der Waals surface area contributed by atoms with Crippen LogP contribution in [-0.4, -0.2) is 35.4 Å². The van der Waals surface area contributed by atoms with Gasteiger partial charge in [-0.1, -0.05) is 13.0 Å². The Labute approximate surface area is 124 Å². The Balaban J connectivity index is 2.41. The number of nitrogens with one attached hydrogen (secondary N) is 1. The largest absolute Gasteiger partial charge is 0.383 e. The number of piperidine rings is 1. The fourth-order valence-corrected chi connectivity index (χ4v) is 2.89. The van der Waals surface area contributed by atoms with Crippen molar-refractivity contribution in [1.29, 1.82) is 0 Å². The van der Waals surface area contributed by atoms with E-state index in [9.17, 15) is 14.9 Å². The van der Waals surface area contributed by atoms with Crippen LogP contribution in [0.2, 0.25) is 0 Å². The third kappa shape index (κ3) is 2.84. The van der Waals surface area contributed by atoms with E-state index in [0.717, 1.165) is 12.8 Å². The molecule has 1 saturated heterocycles. The van der Waals surface area contributed by atoms with Gasteiger partial charge in [-0.3, -0.25) is 14.9 Å². The molecule has 0 saturated carbocycles. The fourth-order valence-electron chi connectivity index (χ4n) is 2.89. The van der Waals surface area contributed by atoms with E-state index in [1.807, 2.05) is 6.92 Å². The van der Waals surface area contributed by atoms with Gasteiger partial charge < -0.3 is 10.2 Å². The van der Waals surface area contributed by atoms with E-state index in [-0.39, 0.29) is 23.2 Å². The molecule has 1 aliphatic heterocycles. The molecule has 6 heteroatoms.